The van der Waals surface area contributed by atoms with Crippen molar-refractivity contribution < 1.29 is 75.7 Å². The van der Waals surface area contributed by atoms with Gasteiger partial charge in [-0.1, -0.05) is 13.8 Å². The second kappa shape index (κ2) is 16.3. The number of carbonyl (C=O) groups is 2. The van der Waals surface area contributed by atoms with E-state index < -0.39 is 78.6 Å². The summed E-state index contributed by atoms with van der Waals surface area (Å²) in [7, 11) is -17.2. The lowest BCUT2D eigenvalue weighted by molar-refractivity contribution is -0.247. The van der Waals surface area contributed by atoms with Crippen LogP contribution in [-0.4, -0.2) is 103 Å². The number of nitrogens with zero attached hydrogens (tertiary/aromatic N) is 4. The normalized spacial score (nSPS) is 24.4. The number of phosphoric acid groups is 3. The zero-order valence-electron chi connectivity index (χ0n) is 25.1. The van der Waals surface area contributed by atoms with E-state index in [1.54, 1.807) is 0 Å². The van der Waals surface area contributed by atoms with Crippen LogP contribution in [-0.2, 0) is 45.9 Å². The molecule has 3 heterocycles. The number of fused-ring (bicyclic) bond motifs is 1. The second-order valence-corrected chi connectivity index (χ2v) is 15.3. The highest BCUT2D eigenvalue weighted by Gasteiger charge is 2.48. The molecule has 2 amide bonds. The number of aromatic nitrogens is 4. The highest BCUT2D eigenvalue weighted by molar-refractivity contribution is 7.80. The van der Waals surface area contributed by atoms with E-state index in [-0.39, 0.29) is 35.9 Å². The molecule has 3 rings (SSSR count). The molecule has 2 aromatic heterocycles. The first-order valence-corrected chi connectivity index (χ1v) is 18.7. The van der Waals surface area contributed by atoms with Crippen molar-refractivity contribution in [2.24, 2.45) is 5.41 Å². The van der Waals surface area contributed by atoms with E-state index in [4.69, 9.17) is 10.5 Å². The van der Waals surface area contributed by atoms with Crippen LogP contribution in [0.3, 0.4) is 0 Å². The predicted octanol–water partition coefficient (Wildman–Crippen LogP) is -3.56. The quantitative estimate of drug-likeness (QED) is 0.0570. The summed E-state index contributed by atoms with van der Waals surface area (Å²) in [5.41, 5.74) is 4.15. The zero-order valence-corrected chi connectivity index (χ0v) is 28.7. The van der Waals surface area contributed by atoms with Gasteiger partial charge < -0.3 is 64.5 Å². The van der Waals surface area contributed by atoms with Crippen molar-refractivity contribution in [1.29, 1.82) is 0 Å². The van der Waals surface area contributed by atoms with Crippen molar-refractivity contribution in [3.63, 3.8) is 0 Å². The van der Waals surface area contributed by atoms with Crippen LogP contribution in [0.15, 0.2) is 12.7 Å². The Balaban J connectivity index is 1.61. The molecule has 1 fully saturated rings. The second-order valence-electron chi connectivity index (χ2n) is 10.7. The number of hydrogen-bond donors (Lipinski definition) is 7. The molecular formula is C21H33N7O16P3S-3. The Kier molecular flexibility index (Phi) is 13.7. The molecule has 7 N–H and O–H groups in total. The van der Waals surface area contributed by atoms with E-state index >= 15 is 0 Å². The van der Waals surface area contributed by atoms with Gasteiger partial charge in [-0.2, -0.15) is 12.6 Å². The number of ether oxygens (including phenoxy) is 1. The summed E-state index contributed by atoms with van der Waals surface area (Å²) in [6, 6.07) is 0. The summed E-state index contributed by atoms with van der Waals surface area (Å²) >= 11 is 3.94. The van der Waals surface area contributed by atoms with E-state index in [1.165, 1.54) is 13.8 Å². The molecule has 2 aromatic rings. The van der Waals surface area contributed by atoms with Gasteiger partial charge in [0.15, 0.2) is 17.7 Å². The van der Waals surface area contributed by atoms with Gasteiger partial charge in [-0.3, -0.25) is 27.9 Å². The first-order chi connectivity index (χ1) is 22.2. The lowest BCUT2D eigenvalue weighted by Crippen LogP contribution is -2.46. The monoisotopic (exact) mass is 764 g/mol. The number of amides is 2. The van der Waals surface area contributed by atoms with E-state index in [1.807, 2.05) is 0 Å². The fraction of sp³-hybridized carbons (Fsp3) is 0.667. The third-order valence-corrected chi connectivity index (χ3v) is 9.74. The van der Waals surface area contributed by atoms with E-state index in [0.29, 0.717) is 12.3 Å². The molecule has 0 spiro atoms. The minimum atomic E-state index is -5.87. The van der Waals surface area contributed by atoms with Crippen LogP contribution in [0.2, 0.25) is 0 Å². The SMILES string of the molecule is CC(C)(COP(=O)([O-])OP(=O)([O-])OC[C@H]1O[C@@H](n2cnc3c(N)ncnc32)[C@H](O)[C@@H]1OP(=O)([O-])O)[C@@H](O)C(=O)NCCC(=O)NCCS. The van der Waals surface area contributed by atoms with E-state index in [2.05, 4.69) is 56.1 Å². The summed E-state index contributed by atoms with van der Waals surface area (Å²) in [5, 5.41) is 26.0. The smallest absolute Gasteiger partial charge is 0.274 e. The fourth-order valence-corrected chi connectivity index (χ4v) is 6.97. The molecule has 0 aliphatic carbocycles. The number of nitrogens with two attached hydrogens (primary N) is 1. The number of imidazole rings is 1. The van der Waals surface area contributed by atoms with Gasteiger partial charge in [-0.15, -0.1) is 0 Å². The van der Waals surface area contributed by atoms with Crippen LogP contribution in [0.25, 0.3) is 11.2 Å². The average molecular weight is 765 g/mol. The Morgan fingerprint density at radius 1 is 1.15 bits per heavy atom. The molecule has 27 heteroatoms. The summed E-state index contributed by atoms with van der Waals surface area (Å²) in [5.74, 6) is -1.03. The lowest BCUT2D eigenvalue weighted by atomic mass is 9.87. The number of anilines is 1. The molecule has 23 nitrogen and oxygen atoms in total. The summed E-state index contributed by atoms with van der Waals surface area (Å²) in [6.07, 6.45) is -7.21. The van der Waals surface area contributed by atoms with Crippen molar-refractivity contribution in [1.82, 2.24) is 30.2 Å². The Morgan fingerprint density at radius 3 is 2.46 bits per heavy atom. The number of thiol groups is 1. The largest absolute Gasteiger partial charge is 0.756 e. The predicted molar refractivity (Wildman–Crippen MR) is 157 cm³/mol. The van der Waals surface area contributed by atoms with Crippen LogP contribution in [0.4, 0.5) is 5.82 Å². The van der Waals surface area contributed by atoms with Crippen LogP contribution < -0.4 is 31.0 Å². The molecule has 1 aliphatic rings. The molecule has 0 radical (unpaired) electrons. The molecule has 0 aromatic carbocycles. The van der Waals surface area contributed by atoms with E-state index in [0.717, 1.165) is 17.2 Å². The van der Waals surface area contributed by atoms with Gasteiger partial charge in [0.05, 0.1) is 19.5 Å². The maximum atomic E-state index is 12.4. The summed E-state index contributed by atoms with van der Waals surface area (Å²) < 4.78 is 60.4. The third kappa shape index (κ3) is 11.2. The highest BCUT2D eigenvalue weighted by Crippen LogP contribution is 2.56. The molecule has 1 saturated heterocycles. The van der Waals surface area contributed by atoms with Gasteiger partial charge in [0, 0.05) is 30.7 Å². The van der Waals surface area contributed by atoms with Crippen LogP contribution in [0, 0.1) is 5.41 Å². The van der Waals surface area contributed by atoms with Crippen molar-refractivity contribution in [3.05, 3.63) is 12.7 Å². The Hall–Kier alpha value is -2.11. The van der Waals surface area contributed by atoms with Crippen molar-refractivity contribution in [2.75, 3.05) is 37.8 Å². The number of hydrogen-bond acceptors (Lipinski definition) is 20. The van der Waals surface area contributed by atoms with Gasteiger partial charge >= 0.3 is 0 Å². The third-order valence-electron chi connectivity index (χ3n) is 6.49. The minimum Gasteiger partial charge on any atom is -0.756 e. The number of nitrogens with one attached hydrogen (secondary N) is 2. The maximum Gasteiger partial charge on any atom is 0.274 e. The lowest BCUT2D eigenvalue weighted by Gasteiger charge is -2.35. The van der Waals surface area contributed by atoms with Crippen molar-refractivity contribution in [2.45, 2.75) is 50.9 Å². The highest BCUT2D eigenvalue weighted by atomic mass is 32.1. The summed E-state index contributed by atoms with van der Waals surface area (Å²) in [6.45, 7) is 0.374. The number of aliphatic hydroxyl groups excluding tert-OH is 2. The fourth-order valence-electron chi connectivity index (χ4n) is 4.12. The standard InChI is InChI=1S/C21H36N7O16P3S/c1-21(2,16(31)19(32)24-4-3-12(29)23-5-6-48)8-41-47(38,39)44-46(36,37)40-7-11-15(43-45(33,34)35)14(30)20(42-11)28-10-27-13-17(22)25-9-26-18(13)28/h9-11,14-16,20,30-31,48H,3-8H2,1-2H3,(H,23,29)(H,24,32)(H,36,37)(H,38,39)(H2,22,25,26)(H2,33,34,35)/p-3/t11-,14-,15-,16+,20-/m1/s1. The van der Waals surface area contributed by atoms with Crippen LogP contribution in [0.5, 0.6) is 0 Å². The van der Waals surface area contributed by atoms with Gasteiger partial charge in [-0.05, 0) is 0 Å². The molecule has 3 unspecified atom stereocenters. The van der Waals surface area contributed by atoms with E-state index in [9.17, 15) is 53.1 Å². The van der Waals surface area contributed by atoms with Gasteiger partial charge in [0.1, 0.15) is 36.3 Å². The van der Waals surface area contributed by atoms with Crippen LogP contribution in [0.1, 0.15) is 26.5 Å². The molecule has 48 heavy (non-hydrogen) atoms. The molecule has 8 atom stereocenters. The van der Waals surface area contributed by atoms with Gasteiger partial charge in [0.25, 0.3) is 23.5 Å². The van der Waals surface area contributed by atoms with Gasteiger partial charge in [-0.25, -0.2) is 19.3 Å². The van der Waals surface area contributed by atoms with Crippen molar-refractivity contribution in [3.8, 4) is 0 Å². The number of nitrogen functional groups attached to an aromatic ring is 1. The number of rotatable bonds is 18. The maximum absolute atomic E-state index is 12.4. The molecule has 0 bridgehead atoms. The molecule has 272 valence electrons. The average Bonchev–Trinajstić information content (AvgIpc) is 3.54. The van der Waals surface area contributed by atoms with Crippen LogP contribution >= 0.6 is 36.1 Å². The molecule has 0 saturated carbocycles. The van der Waals surface area contributed by atoms with Crippen molar-refractivity contribution >= 4 is 64.9 Å². The Bertz CT molecular complexity index is 1590. The summed E-state index contributed by atoms with van der Waals surface area (Å²) in [4.78, 5) is 81.0. The first kappa shape index (κ1) is 40.3. The number of phosphoric ester groups is 3. The molecule has 1 aliphatic heterocycles. The zero-order chi connectivity index (χ0) is 36.1. The Labute approximate surface area is 277 Å². The number of aliphatic hydroxyl groups is 2. The Morgan fingerprint density at radius 2 is 1.81 bits per heavy atom. The minimum absolute atomic E-state index is 0.00119. The topological polar surface area (TPSA) is 355 Å². The number of carbonyl (C=O) groups excluding carboxylic acids is 2. The molecular weight excluding hydrogens is 731 g/mol. The van der Waals surface area contributed by atoms with Gasteiger partial charge in [0.2, 0.25) is 11.8 Å². The first-order valence-electron chi connectivity index (χ1n) is 13.6.